The number of carboxylic acid groups (broad SMARTS) is 1. The molecule has 0 bridgehead atoms. The van der Waals surface area contributed by atoms with Gasteiger partial charge >= 0.3 is 5.97 Å². The number of hydrogen-bond acceptors (Lipinski definition) is 4. The fraction of sp³-hybridized carbons (Fsp3) is 0.238. The van der Waals surface area contributed by atoms with Crippen LogP contribution in [0.5, 0.6) is 5.75 Å². The molecule has 1 saturated carbocycles. The lowest BCUT2D eigenvalue weighted by molar-refractivity contribution is -0.147. The maximum Gasteiger partial charge on any atom is 0.306 e. The van der Waals surface area contributed by atoms with Crippen molar-refractivity contribution < 1.29 is 19.1 Å². The summed E-state index contributed by atoms with van der Waals surface area (Å²) in [6.07, 6.45) is 0.715. The van der Waals surface area contributed by atoms with Gasteiger partial charge in [-0.2, -0.15) is 0 Å². The fourth-order valence-corrected chi connectivity index (χ4v) is 3.81. The minimum absolute atomic E-state index is 0.190. The van der Waals surface area contributed by atoms with Crippen LogP contribution in [0.3, 0.4) is 0 Å². The molecular weight excluding hydrogens is 448 g/mol. The standard InChI is InChI=1S/C21H16BrClO5/c1-10-5-14(18(8-15(10)22)27-12-6-11(7-12)21(25)26)19-9-17(24)13-3-2-4-16(23)20(13)28-19/h2-5,8-9,11-12H,6-7H2,1H3,(H,25,26). The van der Waals surface area contributed by atoms with Crippen LogP contribution >= 0.6 is 27.5 Å². The highest BCUT2D eigenvalue weighted by atomic mass is 79.9. The van der Waals surface area contributed by atoms with Crippen LogP contribution in [0.1, 0.15) is 18.4 Å². The van der Waals surface area contributed by atoms with Gasteiger partial charge in [0.2, 0.25) is 0 Å². The minimum Gasteiger partial charge on any atom is -0.490 e. The predicted molar refractivity (Wildman–Crippen MR) is 110 cm³/mol. The lowest BCUT2D eigenvalue weighted by atomic mass is 9.82. The molecule has 1 fully saturated rings. The highest BCUT2D eigenvalue weighted by Crippen LogP contribution is 2.39. The molecular formula is C21H16BrClO5. The average molecular weight is 464 g/mol. The van der Waals surface area contributed by atoms with E-state index in [1.54, 1.807) is 18.2 Å². The van der Waals surface area contributed by atoms with Crippen LogP contribution in [0, 0.1) is 12.8 Å². The Hall–Kier alpha value is -2.31. The number of benzene rings is 2. The summed E-state index contributed by atoms with van der Waals surface area (Å²) in [6.45, 7) is 1.92. The zero-order valence-electron chi connectivity index (χ0n) is 14.9. The van der Waals surface area contributed by atoms with E-state index in [1.165, 1.54) is 6.07 Å². The Morgan fingerprint density at radius 2 is 2.04 bits per heavy atom. The monoisotopic (exact) mass is 462 g/mol. The van der Waals surface area contributed by atoms with Crippen molar-refractivity contribution >= 4 is 44.5 Å². The van der Waals surface area contributed by atoms with Crippen molar-refractivity contribution in [3.05, 3.63) is 61.7 Å². The summed E-state index contributed by atoms with van der Waals surface area (Å²) in [4.78, 5) is 23.6. The second kappa shape index (κ2) is 7.26. The second-order valence-electron chi connectivity index (χ2n) is 6.94. The van der Waals surface area contributed by atoms with Gasteiger partial charge in [0.25, 0.3) is 0 Å². The maximum atomic E-state index is 12.6. The molecule has 144 valence electrons. The molecule has 0 atom stereocenters. The van der Waals surface area contributed by atoms with Crippen LogP contribution in [0.15, 0.2) is 50.1 Å². The molecule has 7 heteroatoms. The van der Waals surface area contributed by atoms with Gasteiger partial charge in [0, 0.05) is 10.5 Å². The Morgan fingerprint density at radius 3 is 2.75 bits per heavy atom. The van der Waals surface area contributed by atoms with Gasteiger partial charge in [-0.05, 0) is 49.6 Å². The molecule has 0 saturated heterocycles. The van der Waals surface area contributed by atoms with Crippen molar-refractivity contribution in [2.24, 2.45) is 5.92 Å². The molecule has 1 aliphatic carbocycles. The van der Waals surface area contributed by atoms with E-state index in [2.05, 4.69) is 15.9 Å². The number of aryl methyl sites for hydroxylation is 1. The number of para-hydroxylation sites is 1. The normalized spacial score (nSPS) is 18.7. The zero-order valence-corrected chi connectivity index (χ0v) is 17.2. The Labute approximate surface area is 174 Å². The molecule has 0 aliphatic heterocycles. The molecule has 0 unspecified atom stereocenters. The highest BCUT2D eigenvalue weighted by molar-refractivity contribution is 9.10. The molecule has 1 aliphatic rings. The third-order valence-corrected chi connectivity index (χ3v) is 6.12. The van der Waals surface area contributed by atoms with Crippen molar-refractivity contribution in [1.82, 2.24) is 0 Å². The van der Waals surface area contributed by atoms with Crippen molar-refractivity contribution in [3.8, 4) is 17.1 Å². The number of aliphatic carboxylic acids is 1. The van der Waals surface area contributed by atoms with Crippen molar-refractivity contribution in [2.75, 3.05) is 0 Å². The Balaban J connectivity index is 1.78. The summed E-state index contributed by atoms with van der Waals surface area (Å²) in [5.41, 5.74) is 1.70. The third kappa shape index (κ3) is 3.42. The van der Waals surface area contributed by atoms with Crippen LogP contribution in [0.4, 0.5) is 0 Å². The summed E-state index contributed by atoms with van der Waals surface area (Å²) in [5.74, 6) is -0.300. The lowest BCUT2D eigenvalue weighted by Gasteiger charge is -2.33. The largest absolute Gasteiger partial charge is 0.490 e. The van der Waals surface area contributed by atoms with Gasteiger partial charge in [-0.3, -0.25) is 9.59 Å². The van der Waals surface area contributed by atoms with E-state index in [-0.39, 0.29) is 17.5 Å². The number of carboxylic acids is 1. The fourth-order valence-electron chi connectivity index (χ4n) is 3.27. The first kappa shape index (κ1) is 19.0. The van der Waals surface area contributed by atoms with E-state index in [9.17, 15) is 9.59 Å². The molecule has 1 aromatic heterocycles. The summed E-state index contributed by atoms with van der Waals surface area (Å²) < 4.78 is 12.9. The molecule has 4 rings (SSSR count). The third-order valence-electron chi connectivity index (χ3n) is 4.97. The highest BCUT2D eigenvalue weighted by Gasteiger charge is 2.36. The van der Waals surface area contributed by atoms with E-state index in [0.29, 0.717) is 45.9 Å². The number of ether oxygens (including phenoxy) is 1. The first-order valence-corrected chi connectivity index (χ1v) is 9.93. The van der Waals surface area contributed by atoms with Gasteiger partial charge in [0.05, 0.1) is 21.9 Å². The van der Waals surface area contributed by atoms with Crippen LogP contribution in [-0.4, -0.2) is 17.2 Å². The van der Waals surface area contributed by atoms with Crippen molar-refractivity contribution in [2.45, 2.75) is 25.9 Å². The molecule has 28 heavy (non-hydrogen) atoms. The Bertz CT molecular complexity index is 1150. The lowest BCUT2D eigenvalue weighted by Crippen LogP contribution is -2.38. The summed E-state index contributed by atoms with van der Waals surface area (Å²) in [6, 6.07) is 10.1. The predicted octanol–water partition coefficient (Wildman–Crippen LogP) is 5.43. The van der Waals surface area contributed by atoms with Crippen LogP contribution in [0.25, 0.3) is 22.3 Å². The average Bonchev–Trinajstić information content (AvgIpc) is 2.60. The van der Waals surface area contributed by atoms with Crippen molar-refractivity contribution in [3.63, 3.8) is 0 Å². The van der Waals surface area contributed by atoms with E-state index in [0.717, 1.165) is 10.0 Å². The number of halogens is 2. The van der Waals surface area contributed by atoms with Crippen LogP contribution < -0.4 is 10.2 Å². The molecule has 0 spiro atoms. The van der Waals surface area contributed by atoms with Gasteiger partial charge in [-0.15, -0.1) is 0 Å². The van der Waals surface area contributed by atoms with Gasteiger partial charge in [-0.25, -0.2) is 0 Å². The zero-order chi connectivity index (χ0) is 20.0. The maximum absolute atomic E-state index is 12.6. The van der Waals surface area contributed by atoms with Gasteiger partial charge < -0.3 is 14.3 Å². The quantitative estimate of drug-likeness (QED) is 0.558. The summed E-state index contributed by atoms with van der Waals surface area (Å²) in [7, 11) is 0. The SMILES string of the molecule is Cc1cc(-c2cc(=O)c3cccc(Cl)c3o2)c(OC2CC(C(=O)O)C2)cc1Br. The molecule has 1 N–H and O–H groups in total. The molecule has 0 radical (unpaired) electrons. The second-order valence-corrected chi connectivity index (χ2v) is 8.20. The Kier molecular flexibility index (Phi) is 4.93. The Morgan fingerprint density at radius 1 is 1.29 bits per heavy atom. The molecule has 5 nitrogen and oxygen atoms in total. The van der Waals surface area contributed by atoms with Crippen LogP contribution in [0.2, 0.25) is 5.02 Å². The topological polar surface area (TPSA) is 76.7 Å². The minimum atomic E-state index is -0.805. The summed E-state index contributed by atoms with van der Waals surface area (Å²) in [5, 5.41) is 9.83. The number of hydrogen-bond donors (Lipinski definition) is 1. The van der Waals surface area contributed by atoms with E-state index in [4.69, 9.17) is 25.9 Å². The number of carbonyl (C=O) groups is 1. The molecule has 3 aromatic rings. The van der Waals surface area contributed by atoms with Crippen LogP contribution in [-0.2, 0) is 4.79 Å². The summed E-state index contributed by atoms with van der Waals surface area (Å²) >= 11 is 9.72. The molecule has 0 amide bonds. The van der Waals surface area contributed by atoms with E-state index < -0.39 is 5.97 Å². The molecule has 1 heterocycles. The van der Waals surface area contributed by atoms with E-state index >= 15 is 0 Å². The van der Waals surface area contributed by atoms with Crippen molar-refractivity contribution in [1.29, 1.82) is 0 Å². The van der Waals surface area contributed by atoms with E-state index in [1.807, 2.05) is 19.1 Å². The van der Waals surface area contributed by atoms with Gasteiger partial charge in [0.15, 0.2) is 11.0 Å². The first-order valence-electron chi connectivity index (χ1n) is 8.76. The van der Waals surface area contributed by atoms with Gasteiger partial charge in [-0.1, -0.05) is 33.6 Å². The first-order chi connectivity index (χ1) is 13.3. The number of rotatable bonds is 4. The molecule has 2 aromatic carbocycles. The number of fused-ring (bicyclic) bond motifs is 1. The van der Waals surface area contributed by atoms with Gasteiger partial charge in [0.1, 0.15) is 17.6 Å². The smallest absolute Gasteiger partial charge is 0.306 e.